The topological polar surface area (TPSA) is 109 Å². The summed E-state index contributed by atoms with van der Waals surface area (Å²) in [4.78, 5) is 11.0. The van der Waals surface area contributed by atoms with Gasteiger partial charge in [0, 0.05) is 18.7 Å². The minimum absolute atomic E-state index is 0.0969. The number of primary amides is 1. The Kier molecular flexibility index (Phi) is 5.94. The number of carbonyl (C=O) groups is 1. The number of benzene rings is 1. The number of aliphatic hydroxyl groups excluding tert-OH is 1. The largest absolute Gasteiger partial charge is 0.396 e. The first-order chi connectivity index (χ1) is 8.97. The maximum atomic E-state index is 11.9. The van der Waals surface area contributed by atoms with Crippen molar-refractivity contribution < 1.29 is 18.3 Å². The van der Waals surface area contributed by atoms with E-state index in [1.807, 2.05) is 0 Å². The van der Waals surface area contributed by atoms with E-state index in [-0.39, 0.29) is 17.1 Å². The zero-order chi connectivity index (χ0) is 14.3. The highest BCUT2D eigenvalue weighted by Crippen LogP contribution is 2.10. The zero-order valence-electron chi connectivity index (χ0n) is 10.5. The Balaban J connectivity index is 2.59. The number of nitrogens with one attached hydrogen (secondary N) is 1. The third-order valence-corrected chi connectivity index (χ3v) is 4.05. The van der Waals surface area contributed by atoms with Crippen molar-refractivity contribution >= 4 is 15.9 Å². The summed E-state index contributed by atoms with van der Waals surface area (Å²) in [6.45, 7) is 0.432. The maximum Gasteiger partial charge on any atom is 0.248 e. The summed E-state index contributed by atoms with van der Waals surface area (Å²) >= 11 is 0. The average molecular weight is 286 g/mol. The van der Waals surface area contributed by atoms with E-state index >= 15 is 0 Å². The zero-order valence-corrected chi connectivity index (χ0v) is 11.3. The van der Waals surface area contributed by atoms with Crippen molar-refractivity contribution in [2.45, 2.75) is 24.2 Å². The van der Waals surface area contributed by atoms with Gasteiger partial charge in [0.2, 0.25) is 15.9 Å². The third-order valence-electron chi connectivity index (χ3n) is 2.58. The van der Waals surface area contributed by atoms with Gasteiger partial charge in [0.25, 0.3) is 0 Å². The molecule has 0 heterocycles. The molecule has 4 N–H and O–H groups in total. The SMILES string of the molecule is NC(=O)c1ccc(S(=O)(=O)NCCCCCO)cc1. The first-order valence-electron chi connectivity index (χ1n) is 5.98. The molecule has 0 bridgehead atoms. The Labute approximate surface area is 112 Å². The molecule has 0 saturated heterocycles. The monoisotopic (exact) mass is 286 g/mol. The number of hydrogen-bond acceptors (Lipinski definition) is 4. The number of rotatable bonds is 8. The molecule has 1 aromatic rings. The standard InChI is InChI=1S/C12H18N2O4S/c13-12(16)10-4-6-11(7-5-10)19(17,18)14-8-2-1-3-9-15/h4-7,14-15H,1-3,8-9H2,(H2,13,16). The van der Waals surface area contributed by atoms with E-state index in [1.165, 1.54) is 24.3 Å². The summed E-state index contributed by atoms with van der Waals surface area (Å²) in [6.07, 6.45) is 2.09. The molecule has 6 nitrogen and oxygen atoms in total. The third kappa shape index (κ3) is 4.98. The number of nitrogens with two attached hydrogens (primary N) is 1. The molecule has 1 aromatic carbocycles. The first-order valence-corrected chi connectivity index (χ1v) is 7.46. The van der Waals surface area contributed by atoms with Gasteiger partial charge in [-0.05, 0) is 43.5 Å². The van der Waals surface area contributed by atoms with Crippen LogP contribution in [0, 0.1) is 0 Å². The summed E-state index contributed by atoms with van der Waals surface area (Å²) in [7, 11) is -3.55. The molecular formula is C12H18N2O4S. The van der Waals surface area contributed by atoms with Gasteiger partial charge in [0.1, 0.15) is 0 Å². The van der Waals surface area contributed by atoms with Crippen molar-refractivity contribution in [1.82, 2.24) is 4.72 Å². The summed E-state index contributed by atoms with van der Waals surface area (Å²) in [5.41, 5.74) is 5.34. The molecular weight excluding hydrogens is 268 g/mol. The highest BCUT2D eigenvalue weighted by Gasteiger charge is 2.13. The van der Waals surface area contributed by atoms with E-state index in [2.05, 4.69) is 4.72 Å². The molecule has 19 heavy (non-hydrogen) atoms. The fraction of sp³-hybridized carbons (Fsp3) is 0.417. The second-order valence-corrected chi connectivity index (χ2v) is 5.84. The molecule has 0 unspecified atom stereocenters. The minimum atomic E-state index is -3.55. The number of carbonyl (C=O) groups excluding carboxylic acids is 1. The molecule has 1 amide bonds. The predicted molar refractivity (Wildman–Crippen MR) is 71.1 cm³/mol. The van der Waals surface area contributed by atoms with Gasteiger partial charge in [-0.1, -0.05) is 0 Å². The van der Waals surface area contributed by atoms with Crippen LogP contribution in [-0.2, 0) is 10.0 Å². The lowest BCUT2D eigenvalue weighted by atomic mass is 10.2. The van der Waals surface area contributed by atoms with E-state index in [4.69, 9.17) is 10.8 Å². The Hall–Kier alpha value is -1.44. The first kappa shape index (κ1) is 15.6. The van der Waals surface area contributed by atoms with Crippen LogP contribution in [0.3, 0.4) is 0 Å². The van der Waals surface area contributed by atoms with Crippen LogP contribution in [0.4, 0.5) is 0 Å². The molecule has 0 radical (unpaired) electrons. The predicted octanol–water partition coefficient (Wildman–Crippen LogP) is 0.226. The van der Waals surface area contributed by atoms with Crippen LogP contribution < -0.4 is 10.5 Å². The van der Waals surface area contributed by atoms with E-state index in [0.717, 1.165) is 6.42 Å². The van der Waals surface area contributed by atoms with Crippen LogP contribution in [-0.4, -0.2) is 32.6 Å². The van der Waals surface area contributed by atoms with Crippen LogP contribution >= 0.6 is 0 Å². The lowest BCUT2D eigenvalue weighted by Gasteiger charge is -2.06. The van der Waals surface area contributed by atoms with Gasteiger partial charge in [0.15, 0.2) is 0 Å². The van der Waals surface area contributed by atoms with Gasteiger partial charge < -0.3 is 10.8 Å². The van der Waals surface area contributed by atoms with Crippen molar-refractivity contribution in [1.29, 1.82) is 0 Å². The number of unbranched alkanes of at least 4 members (excludes halogenated alkanes) is 2. The van der Waals surface area contributed by atoms with Crippen molar-refractivity contribution in [3.05, 3.63) is 29.8 Å². The quantitative estimate of drug-likeness (QED) is 0.594. The van der Waals surface area contributed by atoms with E-state index < -0.39 is 15.9 Å². The van der Waals surface area contributed by atoms with Crippen LogP contribution in [0.1, 0.15) is 29.6 Å². The van der Waals surface area contributed by atoms with Crippen molar-refractivity contribution in [2.75, 3.05) is 13.2 Å². The Morgan fingerprint density at radius 2 is 1.79 bits per heavy atom. The van der Waals surface area contributed by atoms with Gasteiger partial charge in [-0.3, -0.25) is 4.79 Å². The fourth-order valence-corrected chi connectivity index (χ4v) is 2.58. The fourth-order valence-electron chi connectivity index (χ4n) is 1.50. The number of aliphatic hydroxyl groups is 1. The Morgan fingerprint density at radius 1 is 1.16 bits per heavy atom. The van der Waals surface area contributed by atoms with Gasteiger partial charge >= 0.3 is 0 Å². The highest BCUT2D eigenvalue weighted by atomic mass is 32.2. The lowest BCUT2D eigenvalue weighted by Crippen LogP contribution is -2.25. The van der Waals surface area contributed by atoms with Crippen LogP contribution in [0.5, 0.6) is 0 Å². The molecule has 0 atom stereocenters. The summed E-state index contributed by atoms with van der Waals surface area (Å²) in [5.74, 6) is -0.596. The number of sulfonamides is 1. The average Bonchev–Trinajstić information content (AvgIpc) is 2.38. The Bertz CT molecular complexity index is 511. The molecule has 1 rings (SSSR count). The van der Waals surface area contributed by atoms with E-state index in [1.54, 1.807) is 0 Å². The molecule has 0 aliphatic heterocycles. The molecule has 106 valence electrons. The molecule has 0 saturated carbocycles. The molecule has 0 spiro atoms. The van der Waals surface area contributed by atoms with Gasteiger partial charge in [-0.15, -0.1) is 0 Å². The number of amides is 1. The van der Waals surface area contributed by atoms with Crippen LogP contribution in [0.25, 0.3) is 0 Å². The second-order valence-electron chi connectivity index (χ2n) is 4.07. The van der Waals surface area contributed by atoms with E-state index in [0.29, 0.717) is 19.4 Å². The molecule has 0 fully saturated rings. The second kappa shape index (κ2) is 7.22. The normalized spacial score (nSPS) is 11.4. The molecule has 7 heteroatoms. The molecule has 0 aliphatic carbocycles. The maximum absolute atomic E-state index is 11.9. The summed E-state index contributed by atoms with van der Waals surface area (Å²) in [6, 6.07) is 5.44. The number of hydrogen-bond donors (Lipinski definition) is 3. The highest BCUT2D eigenvalue weighted by molar-refractivity contribution is 7.89. The molecule has 0 aliphatic rings. The van der Waals surface area contributed by atoms with Crippen LogP contribution in [0.2, 0.25) is 0 Å². The van der Waals surface area contributed by atoms with Gasteiger partial charge in [-0.2, -0.15) is 0 Å². The van der Waals surface area contributed by atoms with Crippen molar-refractivity contribution in [2.24, 2.45) is 5.73 Å². The van der Waals surface area contributed by atoms with Crippen LogP contribution in [0.15, 0.2) is 29.2 Å². The smallest absolute Gasteiger partial charge is 0.248 e. The van der Waals surface area contributed by atoms with E-state index in [9.17, 15) is 13.2 Å². The van der Waals surface area contributed by atoms with Crippen molar-refractivity contribution in [3.63, 3.8) is 0 Å². The summed E-state index contributed by atoms with van der Waals surface area (Å²) < 4.78 is 26.2. The lowest BCUT2D eigenvalue weighted by molar-refractivity contribution is 0.1000. The van der Waals surface area contributed by atoms with Crippen molar-refractivity contribution in [3.8, 4) is 0 Å². The van der Waals surface area contributed by atoms with Gasteiger partial charge in [-0.25, -0.2) is 13.1 Å². The molecule has 0 aromatic heterocycles. The Morgan fingerprint density at radius 3 is 2.32 bits per heavy atom. The van der Waals surface area contributed by atoms with Gasteiger partial charge in [0.05, 0.1) is 4.90 Å². The summed E-state index contributed by atoms with van der Waals surface area (Å²) in [5, 5.41) is 8.60. The minimum Gasteiger partial charge on any atom is -0.396 e.